The predicted molar refractivity (Wildman–Crippen MR) is 115 cm³/mol. The molecule has 3 rings (SSSR count). The second-order valence-electron chi connectivity index (χ2n) is 7.02. The van der Waals surface area contributed by atoms with Crippen molar-refractivity contribution in [1.82, 2.24) is 4.90 Å². The van der Waals surface area contributed by atoms with Crippen molar-refractivity contribution in [3.8, 4) is 17.2 Å². The molecule has 1 saturated heterocycles. The second kappa shape index (κ2) is 10.0. The SMILES string of the molecule is CCCCOc1ccc(C(=O)N2CCN(c3ccccc3OC)CC2)cc1OC. The lowest BCUT2D eigenvalue weighted by molar-refractivity contribution is 0.0746. The first-order chi connectivity index (χ1) is 14.2. The van der Waals surface area contributed by atoms with E-state index in [1.807, 2.05) is 35.2 Å². The molecule has 0 saturated carbocycles. The van der Waals surface area contributed by atoms with Crippen LogP contribution in [0, 0.1) is 0 Å². The highest BCUT2D eigenvalue weighted by Crippen LogP contribution is 2.30. The van der Waals surface area contributed by atoms with Crippen molar-refractivity contribution in [3.05, 3.63) is 48.0 Å². The summed E-state index contributed by atoms with van der Waals surface area (Å²) in [6, 6.07) is 13.4. The number of methoxy groups -OCH3 is 2. The molecule has 0 unspecified atom stereocenters. The van der Waals surface area contributed by atoms with Crippen molar-refractivity contribution in [2.24, 2.45) is 0 Å². The van der Waals surface area contributed by atoms with Crippen LogP contribution in [0.25, 0.3) is 0 Å². The fraction of sp³-hybridized carbons (Fsp3) is 0.435. The molecule has 0 radical (unpaired) electrons. The van der Waals surface area contributed by atoms with Crippen molar-refractivity contribution in [2.45, 2.75) is 19.8 Å². The molecule has 1 heterocycles. The van der Waals surface area contributed by atoms with Crippen LogP contribution in [-0.2, 0) is 0 Å². The zero-order valence-electron chi connectivity index (χ0n) is 17.5. The minimum Gasteiger partial charge on any atom is -0.495 e. The fourth-order valence-electron chi connectivity index (χ4n) is 3.47. The van der Waals surface area contributed by atoms with Gasteiger partial charge in [0.05, 0.1) is 26.5 Å². The monoisotopic (exact) mass is 398 g/mol. The van der Waals surface area contributed by atoms with Gasteiger partial charge in [-0.1, -0.05) is 25.5 Å². The molecule has 0 aromatic heterocycles. The maximum absolute atomic E-state index is 13.0. The number of hydrogen-bond acceptors (Lipinski definition) is 5. The molecule has 6 heteroatoms. The van der Waals surface area contributed by atoms with Crippen LogP contribution in [0.4, 0.5) is 5.69 Å². The molecule has 156 valence electrons. The molecular formula is C23H30N2O4. The summed E-state index contributed by atoms with van der Waals surface area (Å²) in [7, 11) is 3.28. The topological polar surface area (TPSA) is 51.2 Å². The smallest absolute Gasteiger partial charge is 0.254 e. The van der Waals surface area contributed by atoms with Gasteiger partial charge in [-0.25, -0.2) is 0 Å². The van der Waals surface area contributed by atoms with Crippen LogP contribution in [0.2, 0.25) is 0 Å². The van der Waals surface area contributed by atoms with E-state index in [0.29, 0.717) is 36.8 Å². The van der Waals surface area contributed by atoms with Gasteiger partial charge in [-0.15, -0.1) is 0 Å². The van der Waals surface area contributed by atoms with Gasteiger partial charge in [0, 0.05) is 31.7 Å². The highest BCUT2D eigenvalue weighted by molar-refractivity contribution is 5.95. The van der Waals surface area contributed by atoms with Crippen molar-refractivity contribution in [1.29, 1.82) is 0 Å². The van der Waals surface area contributed by atoms with Crippen molar-refractivity contribution >= 4 is 11.6 Å². The zero-order valence-corrected chi connectivity index (χ0v) is 17.5. The summed E-state index contributed by atoms with van der Waals surface area (Å²) in [5.41, 5.74) is 1.69. The van der Waals surface area contributed by atoms with E-state index in [-0.39, 0.29) is 5.91 Å². The number of hydrogen-bond donors (Lipinski definition) is 0. The highest BCUT2D eigenvalue weighted by Gasteiger charge is 2.24. The molecule has 0 spiro atoms. The number of benzene rings is 2. The average Bonchev–Trinajstić information content (AvgIpc) is 2.79. The molecule has 0 aliphatic carbocycles. The Morgan fingerprint density at radius 3 is 2.34 bits per heavy atom. The summed E-state index contributed by atoms with van der Waals surface area (Å²) in [6.07, 6.45) is 2.06. The number of piperazine rings is 1. The molecule has 2 aromatic rings. The van der Waals surface area contributed by atoms with Gasteiger partial charge in [0.25, 0.3) is 5.91 Å². The van der Waals surface area contributed by atoms with Gasteiger partial charge in [-0.05, 0) is 36.8 Å². The Hall–Kier alpha value is -2.89. The Labute approximate surface area is 173 Å². The number of para-hydroxylation sites is 2. The first kappa shape index (κ1) is 20.8. The zero-order chi connectivity index (χ0) is 20.6. The van der Waals surface area contributed by atoms with Crippen molar-refractivity contribution in [2.75, 3.05) is 51.9 Å². The number of carbonyl (C=O) groups is 1. The van der Waals surface area contributed by atoms with Crippen molar-refractivity contribution < 1.29 is 19.0 Å². The molecule has 29 heavy (non-hydrogen) atoms. The molecule has 6 nitrogen and oxygen atoms in total. The molecule has 1 aliphatic rings. The Morgan fingerprint density at radius 2 is 1.66 bits per heavy atom. The number of anilines is 1. The van der Waals surface area contributed by atoms with Gasteiger partial charge >= 0.3 is 0 Å². The minimum absolute atomic E-state index is 0.0167. The lowest BCUT2D eigenvalue weighted by Gasteiger charge is -2.36. The lowest BCUT2D eigenvalue weighted by atomic mass is 10.1. The van der Waals surface area contributed by atoms with Crippen molar-refractivity contribution in [3.63, 3.8) is 0 Å². The van der Waals surface area contributed by atoms with E-state index in [4.69, 9.17) is 14.2 Å². The molecule has 1 amide bonds. The van der Waals surface area contributed by atoms with Gasteiger partial charge in [0.1, 0.15) is 5.75 Å². The first-order valence-electron chi connectivity index (χ1n) is 10.2. The summed E-state index contributed by atoms with van der Waals surface area (Å²) in [5, 5.41) is 0. The summed E-state index contributed by atoms with van der Waals surface area (Å²) in [6.45, 7) is 5.62. The molecule has 0 bridgehead atoms. The second-order valence-corrected chi connectivity index (χ2v) is 7.02. The number of carbonyl (C=O) groups excluding carboxylic acids is 1. The Balaban J connectivity index is 1.64. The van der Waals surface area contributed by atoms with Crippen LogP contribution in [0.15, 0.2) is 42.5 Å². The third-order valence-electron chi connectivity index (χ3n) is 5.16. The van der Waals surface area contributed by atoms with Gasteiger partial charge < -0.3 is 24.0 Å². The van der Waals surface area contributed by atoms with Gasteiger partial charge in [0.2, 0.25) is 0 Å². The highest BCUT2D eigenvalue weighted by atomic mass is 16.5. The third-order valence-corrected chi connectivity index (χ3v) is 5.16. The Kier molecular flexibility index (Phi) is 7.22. The van der Waals surface area contributed by atoms with E-state index in [9.17, 15) is 4.79 Å². The first-order valence-corrected chi connectivity index (χ1v) is 10.2. The third kappa shape index (κ3) is 4.94. The molecular weight excluding hydrogens is 368 g/mol. The lowest BCUT2D eigenvalue weighted by Crippen LogP contribution is -2.48. The molecule has 1 fully saturated rings. The normalized spacial score (nSPS) is 13.9. The van der Waals surface area contributed by atoms with E-state index in [0.717, 1.165) is 37.4 Å². The Morgan fingerprint density at radius 1 is 0.931 bits per heavy atom. The van der Waals surface area contributed by atoms with Crippen LogP contribution in [0.1, 0.15) is 30.1 Å². The van der Waals surface area contributed by atoms with Crippen LogP contribution in [-0.4, -0.2) is 57.8 Å². The number of rotatable bonds is 8. The van der Waals surface area contributed by atoms with Crippen LogP contribution in [0.3, 0.4) is 0 Å². The van der Waals surface area contributed by atoms with Crippen LogP contribution >= 0.6 is 0 Å². The molecule has 0 atom stereocenters. The maximum Gasteiger partial charge on any atom is 0.254 e. The van der Waals surface area contributed by atoms with E-state index >= 15 is 0 Å². The number of amides is 1. The molecule has 2 aromatic carbocycles. The van der Waals surface area contributed by atoms with Gasteiger partial charge in [-0.2, -0.15) is 0 Å². The van der Waals surface area contributed by atoms with E-state index in [1.165, 1.54) is 0 Å². The standard InChI is InChI=1S/C23H30N2O4/c1-4-5-16-29-21-11-10-18(17-22(21)28-3)23(26)25-14-12-24(13-15-25)19-8-6-7-9-20(19)27-2/h6-11,17H,4-5,12-16H2,1-3H3. The van der Waals surface area contributed by atoms with E-state index in [2.05, 4.69) is 17.9 Å². The predicted octanol–water partition coefficient (Wildman–Crippen LogP) is 3.85. The summed E-state index contributed by atoms with van der Waals surface area (Å²) in [4.78, 5) is 17.1. The van der Waals surface area contributed by atoms with Gasteiger partial charge in [-0.3, -0.25) is 4.79 Å². The van der Waals surface area contributed by atoms with E-state index < -0.39 is 0 Å². The molecule has 0 N–H and O–H groups in total. The fourth-order valence-corrected chi connectivity index (χ4v) is 3.47. The minimum atomic E-state index is 0.0167. The van der Waals surface area contributed by atoms with Crippen LogP contribution in [0.5, 0.6) is 17.2 Å². The molecule has 1 aliphatic heterocycles. The largest absolute Gasteiger partial charge is 0.495 e. The quantitative estimate of drug-likeness (QED) is 0.633. The average molecular weight is 399 g/mol. The summed E-state index contributed by atoms with van der Waals surface area (Å²) >= 11 is 0. The number of nitrogens with zero attached hydrogens (tertiary/aromatic N) is 2. The summed E-state index contributed by atoms with van der Waals surface area (Å²) in [5.74, 6) is 2.15. The van der Waals surface area contributed by atoms with Gasteiger partial charge in [0.15, 0.2) is 11.5 Å². The van der Waals surface area contributed by atoms with Crippen LogP contribution < -0.4 is 19.1 Å². The van der Waals surface area contributed by atoms with E-state index in [1.54, 1.807) is 20.3 Å². The Bertz CT molecular complexity index is 816. The number of ether oxygens (including phenoxy) is 3. The summed E-state index contributed by atoms with van der Waals surface area (Å²) < 4.78 is 16.7. The number of unbranched alkanes of at least 4 members (excludes halogenated alkanes) is 1. The maximum atomic E-state index is 13.0.